The molecule has 1 amide bonds. The van der Waals surface area contributed by atoms with Gasteiger partial charge in [0.2, 0.25) is 11.8 Å². The second-order valence-corrected chi connectivity index (χ2v) is 9.28. The summed E-state index contributed by atoms with van der Waals surface area (Å²) in [6.45, 7) is 0.735. The molecule has 0 unspecified atom stereocenters. The van der Waals surface area contributed by atoms with Crippen LogP contribution in [0.15, 0.2) is 36.7 Å². The van der Waals surface area contributed by atoms with Gasteiger partial charge < -0.3 is 25.6 Å². The lowest BCUT2D eigenvalue weighted by Gasteiger charge is -2.28. The molecule has 0 radical (unpaired) electrons. The number of aromatic nitrogens is 5. The molecule has 0 saturated heterocycles. The van der Waals surface area contributed by atoms with Crippen molar-refractivity contribution in [1.82, 2.24) is 29.9 Å². The quantitative estimate of drug-likeness (QED) is 0.262. The van der Waals surface area contributed by atoms with Crippen molar-refractivity contribution in [2.75, 3.05) is 12.4 Å². The summed E-state index contributed by atoms with van der Waals surface area (Å²) in [5.41, 5.74) is 3.95. The van der Waals surface area contributed by atoms with E-state index in [4.69, 9.17) is 24.5 Å². The molecule has 0 atom stereocenters. The third-order valence-corrected chi connectivity index (χ3v) is 6.72. The fourth-order valence-corrected chi connectivity index (χ4v) is 4.60. The zero-order chi connectivity index (χ0) is 27.1. The largest absolute Gasteiger partial charge is 0.481 e. The second-order valence-electron chi connectivity index (χ2n) is 8.55. The minimum absolute atomic E-state index is 0.0130. The lowest BCUT2D eigenvalue weighted by molar-refractivity contribution is -0.159. The standard InChI is InChI=1S/C22H23N7O2S.C2H2O4/c1-31-19-7-6-16-20(27-19)17(8-9-23-16)26-21(30)14-2-4-15(5-3-14)24-11-13-10-18-22(25-12-13)32-29-28-18;3-1(4)2(5)6/h6-10,12,14-15,24H,2-5,11H2,1H3,(H,23,26,30);(H,3,4)(H,5,6). The van der Waals surface area contributed by atoms with Crippen molar-refractivity contribution < 1.29 is 29.3 Å². The van der Waals surface area contributed by atoms with Crippen LogP contribution in [0.4, 0.5) is 5.69 Å². The van der Waals surface area contributed by atoms with E-state index < -0.39 is 11.9 Å². The van der Waals surface area contributed by atoms with E-state index in [1.165, 1.54) is 11.5 Å². The van der Waals surface area contributed by atoms with Gasteiger partial charge in [-0.1, -0.05) is 4.49 Å². The van der Waals surface area contributed by atoms with Crippen molar-refractivity contribution >= 4 is 56.4 Å². The maximum Gasteiger partial charge on any atom is 0.414 e. The van der Waals surface area contributed by atoms with E-state index in [0.29, 0.717) is 23.1 Å². The van der Waals surface area contributed by atoms with Crippen molar-refractivity contribution in [2.45, 2.75) is 38.3 Å². The maximum absolute atomic E-state index is 12.9. The Morgan fingerprint density at radius 2 is 1.82 bits per heavy atom. The number of nitrogens with one attached hydrogen (secondary N) is 2. The Hall–Kier alpha value is -4.30. The molecule has 0 aromatic carbocycles. The number of anilines is 1. The third-order valence-electron chi connectivity index (χ3n) is 6.07. The lowest BCUT2D eigenvalue weighted by atomic mass is 9.85. The monoisotopic (exact) mass is 539 g/mol. The smallest absolute Gasteiger partial charge is 0.414 e. The van der Waals surface area contributed by atoms with E-state index in [0.717, 1.165) is 53.7 Å². The summed E-state index contributed by atoms with van der Waals surface area (Å²) in [7, 11) is 1.57. The molecule has 4 aromatic heterocycles. The van der Waals surface area contributed by atoms with Gasteiger partial charge in [0.1, 0.15) is 11.0 Å². The Kier molecular flexibility index (Phi) is 8.66. The average molecular weight is 540 g/mol. The summed E-state index contributed by atoms with van der Waals surface area (Å²) in [5, 5.41) is 25.5. The molecule has 1 saturated carbocycles. The topological polar surface area (TPSA) is 189 Å². The van der Waals surface area contributed by atoms with Crippen LogP contribution in [0.1, 0.15) is 31.2 Å². The molecule has 4 N–H and O–H groups in total. The number of nitrogens with zero attached hydrogens (tertiary/aromatic N) is 5. The van der Waals surface area contributed by atoms with Crippen LogP contribution in [0.3, 0.4) is 0 Å². The number of pyridine rings is 3. The van der Waals surface area contributed by atoms with Crippen LogP contribution in [-0.4, -0.2) is 65.7 Å². The molecule has 5 rings (SSSR count). The molecule has 198 valence electrons. The molecule has 1 fully saturated rings. The molecular weight excluding hydrogens is 514 g/mol. The van der Waals surface area contributed by atoms with Gasteiger partial charge in [0.05, 0.1) is 18.3 Å². The fraction of sp³-hybridized carbons (Fsp3) is 0.333. The lowest BCUT2D eigenvalue weighted by Crippen LogP contribution is -2.36. The normalized spacial score (nSPS) is 16.9. The van der Waals surface area contributed by atoms with Gasteiger partial charge in [0.15, 0.2) is 4.83 Å². The molecule has 1 aliphatic rings. The van der Waals surface area contributed by atoms with Crippen molar-refractivity contribution in [3.05, 3.63) is 42.2 Å². The van der Waals surface area contributed by atoms with E-state index in [1.54, 1.807) is 25.4 Å². The summed E-state index contributed by atoms with van der Waals surface area (Å²) in [4.78, 5) is 45.1. The number of ether oxygens (including phenoxy) is 1. The molecule has 0 aliphatic heterocycles. The third kappa shape index (κ3) is 6.72. The highest BCUT2D eigenvalue weighted by atomic mass is 32.1. The number of hydrogen-bond donors (Lipinski definition) is 4. The number of carbonyl (C=O) groups excluding carboxylic acids is 1. The highest BCUT2D eigenvalue weighted by molar-refractivity contribution is 7.12. The van der Waals surface area contributed by atoms with Crippen molar-refractivity contribution in [1.29, 1.82) is 0 Å². The Morgan fingerprint density at radius 3 is 2.53 bits per heavy atom. The van der Waals surface area contributed by atoms with Crippen molar-refractivity contribution in [2.24, 2.45) is 5.92 Å². The van der Waals surface area contributed by atoms with Crippen LogP contribution in [0, 0.1) is 5.92 Å². The Morgan fingerprint density at radius 1 is 1.05 bits per heavy atom. The molecule has 4 heterocycles. The molecule has 1 aliphatic carbocycles. The molecule has 0 spiro atoms. The number of carbonyl (C=O) groups is 3. The van der Waals surface area contributed by atoms with Gasteiger partial charge in [0.25, 0.3) is 0 Å². The number of fused-ring (bicyclic) bond motifs is 2. The van der Waals surface area contributed by atoms with Crippen LogP contribution < -0.4 is 15.4 Å². The zero-order valence-corrected chi connectivity index (χ0v) is 21.1. The Labute approximate surface area is 220 Å². The number of amides is 1. The fourth-order valence-electron chi connectivity index (χ4n) is 4.10. The minimum atomic E-state index is -1.82. The summed E-state index contributed by atoms with van der Waals surface area (Å²) in [6.07, 6.45) is 7.15. The number of rotatable bonds is 6. The van der Waals surface area contributed by atoms with E-state index >= 15 is 0 Å². The molecule has 0 bridgehead atoms. The second kappa shape index (κ2) is 12.3. The van der Waals surface area contributed by atoms with Crippen LogP contribution >= 0.6 is 11.5 Å². The van der Waals surface area contributed by atoms with Crippen molar-refractivity contribution in [3.8, 4) is 5.88 Å². The van der Waals surface area contributed by atoms with Gasteiger partial charge >= 0.3 is 11.9 Å². The molecule has 38 heavy (non-hydrogen) atoms. The van der Waals surface area contributed by atoms with Crippen LogP contribution in [0.5, 0.6) is 5.88 Å². The highest BCUT2D eigenvalue weighted by Gasteiger charge is 2.26. The number of methoxy groups -OCH3 is 1. The van der Waals surface area contributed by atoms with E-state index in [9.17, 15) is 4.79 Å². The van der Waals surface area contributed by atoms with E-state index in [-0.39, 0.29) is 11.8 Å². The Bertz CT molecular complexity index is 1440. The van der Waals surface area contributed by atoms with Gasteiger partial charge in [-0.15, -0.1) is 5.10 Å². The van der Waals surface area contributed by atoms with Gasteiger partial charge in [0, 0.05) is 48.5 Å². The maximum atomic E-state index is 12.9. The van der Waals surface area contributed by atoms with Gasteiger partial charge in [-0.25, -0.2) is 19.6 Å². The number of carboxylic acids is 2. The van der Waals surface area contributed by atoms with Crippen LogP contribution in [0.2, 0.25) is 0 Å². The molecule has 14 heteroatoms. The van der Waals surface area contributed by atoms with Crippen molar-refractivity contribution in [3.63, 3.8) is 0 Å². The minimum Gasteiger partial charge on any atom is -0.481 e. The van der Waals surface area contributed by atoms with Crippen LogP contribution in [0.25, 0.3) is 21.4 Å². The van der Waals surface area contributed by atoms with Crippen LogP contribution in [-0.2, 0) is 20.9 Å². The summed E-state index contributed by atoms with van der Waals surface area (Å²) in [6, 6.07) is 7.79. The Balaban J connectivity index is 0.000000505. The molecular formula is C24H25N7O6S. The zero-order valence-electron chi connectivity index (χ0n) is 20.3. The summed E-state index contributed by atoms with van der Waals surface area (Å²) in [5.74, 6) is -3.13. The number of carboxylic acid groups (broad SMARTS) is 2. The SMILES string of the molecule is COc1ccc2nccc(NC(=O)C3CCC(NCc4cnc5snnc5c4)CC3)c2n1.O=C(O)C(=O)O. The number of aliphatic carboxylic acids is 2. The van der Waals surface area contributed by atoms with Gasteiger partial charge in [-0.2, -0.15) is 0 Å². The van der Waals surface area contributed by atoms with Gasteiger partial charge in [-0.05, 0) is 49.4 Å². The predicted octanol–water partition coefficient (Wildman–Crippen LogP) is 2.48. The molecule has 13 nitrogen and oxygen atoms in total. The first-order valence-electron chi connectivity index (χ1n) is 11.7. The predicted molar refractivity (Wildman–Crippen MR) is 138 cm³/mol. The van der Waals surface area contributed by atoms with E-state index in [1.807, 2.05) is 18.3 Å². The number of hydrogen-bond acceptors (Lipinski definition) is 11. The highest BCUT2D eigenvalue weighted by Crippen LogP contribution is 2.28. The first-order valence-corrected chi connectivity index (χ1v) is 12.5. The average Bonchev–Trinajstić information content (AvgIpc) is 3.40. The molecule has 4 aromatic rings. The van der Waals surface area contributed by atoms with Gasteiger partial charge in [-0.3, -0.25) is 9.78 Å². The first kappa shape index (κ1) is 26.8. The summed E-state index contributed by atoms with van der Waals surface area (Å²) < 4.78 is 9.14. The first-order chi connectivity index (χ1) is 18.3. The van der Waals surface area contributed by atoms with E-state index in [2.05, 4.69) is 35.2 Å². The summed E-state index contributed by atoms with van der Waals surface area (Å²) >= 11 is 1.30.